The monoisotopic (exact) mass is 366 g/mol. The molecular formula is C20H24N5S+. The highest BCUT2D eigenvalue weighted by atomic mass is 32.1. The first-order chi connectivity index (χ1) is 12.8. The molecule has 3 aromatic rings. The number of aryl methyl sites for hydroxylation is 2. The summed E-state index contributed by atoms with van der Waals surface area (Å²) >= 11 is 1.88. The summed E-state index contributed by atoms with van der Waals surface area (Å²) < 4.78 is 0. The van der Waals surface area contributed by atoms with Crippen molar-refractivity contribution in [3.05, 3.63) is 35.0 Å². The molecule has 0 atom stereocenters. The number of nitrogens with zero attached hydrogens (tertiary/aromatic N) is 4. The van der Waals surface area contributed by atoms with Crippen LogP contribution in [0.3, 0.4) is 0 Å². The van der Waals surface area contributed by atoms with Crippen molar-refractivity contribution < 1.29 is 4.90 Å². The van der Waals surface area contributed by atoms with E-state index in [9.17, 15) is 0 Å². The number of pyridine rings is 1. The Labute approximate surface area is 157 Å². The molecule has 5 rings (SSSR count). The number of aromatic nitrogens is 3. The molecule has 26 heavy (non-hydrogen) atoms. The van der Waals surface area contributed by atoms with Crippen LogP contribution in [0, 0.1) is 0 Å². The van der Waals surface area contributed by atoms with E-state index in [-0.39, 0.29) is 0 Å². The Morgan fingerprint density at radius 2 is 1.96 bits per heavy atom. The quantitative estimate of drug-likeness (QED) is 0.753. The van der Waals surface area contributed by atoms with Gasteiger partial charge in [-0.2, -0.15) is 0 Å². The number of likely N-dealkylation sites (N-methyl/N-ethyl adjacent to an activating group) is 1. The van der Waals surface area contributed by atoms with Crippen LogP contribution in [0.15, 0.2) is 24.5 Å². The van der Waals surface area contributed by atoms with Gasteiger partial charge in [-0.15, -0.1) is 11.3 Å². The van der Waals surface area contributed by atoms with Crippen LogP contribution in [-0.2, 0) is 12.8 Å². The van der Waals surface area contributed by atoms with Gasteiger partial charge in [0.2, 0.25) is 0 Å². The van der Waals surface area contributed by atoms with Crippen molar-refractivity contribution in [1.29, 1.82) is 0 Å². The lowest BCUT2D eigenvalue weighted by Gasteiger charge is -2.31. The normalized spacial score (nSPS) is 18.3. The highest BCUT2D eigenvalue weighted by molar-refractivity contribution is 7.19. The highest BCUT2D eigenvalue weighted by Crippen LogP contribution is 2.40. The molecule has 2 aliphatic rings. The van der Waals surface area contributed by atoms with E-state index in [1.54, 1.807) is 11.1 Å². The van der Waals surface area contributed by atoms with Crippen molar-refractivity contribution in [2.75, 3.05) is 38.1 Å². The smallest absolute Gasteiger partial charge is 0.164 e. The fraction of sp³-hybridized carbons (Fsp3) is 0.450. The second-order valence-corrected chi connectivity index (χ2v) is 8.53. The third-order valence-electron chi connectivity index (χ3n) is 5.63. The Balaban J connectivity index is 1.70. The molecule has 0 bridgehead atoms. The standard InChI is InChI=1S/C20H23N5S/c1-24-9-11-25(12-10-24)19-17-15-6-2-3-7-16(15)26-20(17)23-18(22-19)14-5-4-8-21-13-14/h4-5,8,13H,2-3,6-7,9-12H2,1H3/p+1. The number of hydrogen-bond acceptors (Lipinski definition) is 5. The van der Waals surface area contributed by atoms with Crippen LogP contribution >= 0.6 is 11.3 Å². The van der Waals surface area contributed by atoms with Crippen molar-refractivity contribution in [2.24, 2.45) is 0 Å². The summed E-state index contributed by atoms with van der Waals surface area (Å²) in [6.45, 7) is 4.46. The lowest BCUT2D eigenvalue weighted by Crippen LogP contribution is -3.12. The maximum Gasteiger partial charge on any atom is 0.164 e. The van der Waals surface area contributed by atoms with Gasteiger partial charge in [-0.05, 0) is 43.4 Å². The molecule has 1 aliphatic carbocycles. The zero-order valence-electron chi connectivity index (χ0n) is 15.2. The SMILES string of the molecule is C[NH+]1CCN(c2nc(-c3cccnc3)nc3sc4c(c23)CCCC4)CC1. The molecule has 0 radical (unpaired) electrons. The molecule has 6 heteroatoms. The summed E-state index contributed by atoms with van der Waals surface area (Å²) in [6, 6.07) is 4.01. The maximum absolute atomic E-state index is 5.07. The maximum atomic E-state index is 5.07. The summed E-state index contributed by atoms with van der Waals surface area (Å²) in [5, 5.41) is 1.33. The van der Waals surface area contributed by atoms with Gasteiger partial charge < -0.3 is 9.80 Å². The average molecular weight is 367 g/mol. The number of quaternary nitrogens is 1. The first kappa shape index (κ1) is 16.1. The Hall–Kier alpha value is -2.05. The summed E-state index contributed by atoms with van der Waals surface area (Å²) in [6.07, 6.45) is 8.63. The lowest BCUT2D eigenvalue weighted by atomic mass is 9.97. The Kier molecular flexibility index (Phi) is 4.10. The lowest BCUT2D eigenvalue weighted by molar-refractivity contribution is -0.880. The minimum atomic E-state index is 0.811. The van der Waals surface area contributed by atoms with Crippen LogP contribution in [0.1, 0.15) is 23.3 Å². The van der Waals surface area contributed by atoms with Gasteiger partial charge in [0, 0.05) is 22.8 Å². The summed E-state index contributed by atoms with van der Waals surface area (Å²) in [7, 11) is 2.28. The van der Waals surface area contributed by atoms with E-state index >= 15 is 0 Å². The highest BCUT2D eigenvalue weighted by Gasteiger charge is 2.26. The molecule has 0 aromatic carbocycles. The van der Waals surface area contributed by atoms with E-state index in [4.69, 9.17) is 9.97 Å². The van der Waals surface area contributed by atoms with Crippen LogP contribution in [-0.4, -0.2) is 48.2 Å². The minimum Gasteiger partial charge on any atom is -0.345 e. The van der Waals surface area contributed by atoms with Crippen molar-refractivity contribution in [2.45, 2.75) is 25.7 Å². The molecular weight excluding hydrogens is 342 g/mol. The Bertz CT molecular complexity index is 928. The zero-order valence-corrected chi connectivity index (χ0v) is 16.0. The van der Waals surface area contributed by atoms with E-state index < -0.39 is 0 Å². The molecule has 1 fully saturated rings. The predicted molar refractivity (Wildman–Crippen MR) is 106 cm³/mol. The van der Waals surface area contributed by atoms with Gasteiger partial charge in [0.15, 0.2) is 5.82 Å². The van der Waals surface area contributed by atoms with Crippen molar-refractivity contribution in [3.63, 3.8) is 0 Å². The van der Waals surface area contributed by atoms with E-state index in [2.05, 4.69) is 23.0 Å². The van der Waals surface area contributed by atoms with Crippen molar-refractivity contribution >= 4 is 27.4 Å². The molecule has 1 saturated heterocycles. The van der Waals surface area contributed by atoms with E-state index in [1.807, 2.05) is 23.6 Å². The van der Waals surface area contributed by atoms with Gasteiger partial charge in [-0.1, -0.05) is 0 Å². The van der Waals surface area contributed by atoms with Gasteiger partial charge in [-0.3, -0.25) is 4.98 Å². The molecule has 0 unspecified atom stereocenters. The number of anilines is 1. The number of nitrogens with one attached hydrogen (secondary N) is 1. The number of hydrogen-bond donors (Lipinski definition) is 1. The third kappa shape index (κ3) is 2.77. The van der Waals surface area contributed by atoms with Crippen LogP contribution in [0.25, 0.3) is 21.6 Å². The summed E-state index contributed by atoms with van der Waals surface area (Å²) in [5.74, 6) is 1.96. The van der Waals surface area contributed by atoms with Crippen LogP contribution in [0.2, 0.25) is 0 Å². The Morgan fingerprint density at radius 3 is 2.77 bits per heavy atom. The molecule has 0 saturated carbocycles. The summed E-state index contributed by atoms with van der Waals surface area (Å²) in [5.41, 5.74) is 2.53. The van der Waals surface area contributed by atoms with E-state index in [0.29, 0.717) is 0 Å². The second-order valence-electron chi connectivity index (χ2n) is 7.45. The van der Waals surface area contributed by atoms with Crippen LogP contribution in [0.4, 0.5) is 5.82 Å². The topological polar surface area (TPSA) is 46.4 Å². The summed E-state index contributed by atoms with van der Waals surface area (Å²) in [4.78, 5) is 21.1. The number of rotatable bonds is 2. The molecule has 134 valence electrons. The molecule has 0 spiro atoms. The molecule has 4 heterocycles. The van der Waals surface area contributed by atoms with Gasteiger partial charge in [0.25, 0.3) is 0 Å². The Morgan fingerprint density at radius 1 is 1.12 bits per heavy atom. The zero-order chi connectivity index (χ0) is 17.5. The molecule has 1 N–H and O–H groups in total. The fourth-order valence-corrected chi connectivity index (χ4v) is 5.35. The average Bonchev–Trinajstić information content (AvgIpc) is 3.07. The third-order valence-corrected chi connectivity index (χ3v) is 6.82. The van der Waals surface area contributed by atoms with Crippen molar-refractivity contribution in [3.8, 4) is 11.4 Å². The number of fused-ring (bicyclic) bond motifs is 3. The van der Waals surface area contributed by atoms with Gasteiger partial charge in [0.05, 0.1) is 38.6 Å². The largest absolute Gasteiger partial charge is 0.345 e. The fourth-order valence-electron chi connectivity index (χ4n) is 4.09. The second kappa shape index (κ2) is 6.59. The number of piperazine rings is 1. The van der Waals surface area contributed by atoms with Crippen LogP contribution in [0.5, 0.6) is 0 Å². The van der Waals surface area contributed by atoms with Crippen molar-refractivity contribution in [1.82, 2.24) is 15.0 Å². The predicted octanol–water partition coefficient (Wildman–Crippen LogP) is 1.97. The molecule has 1 aliphatic heterocycles. The number of thiophene rings is 1. The van der Waals surface area contributed by atoms with Gasteiger partial charge in [-0.25, -0.2) is 9.97 Å². The molecule has 0 amide bonds. The van der Waals surface area contributed by atoms with E-state index in [1.165, 1.54) is 54.6 Å². The first-order valence-corrected chi connectivity index (χ1v) is 10.4. The molecule has 3 aromatic heterocycles. The first-order valence-electron chi connectivity index (χ1n) is 9.58. The van der Waals surface area contributed by atoms with Gasteiger partial charge >= 0.3 is 0 Å². The van der Waals surface area contributed by atoms with Gasteiger partial charge in [0.1, 0.15) is 10.6 Å². The minimum absolute atomic E-state index is 0.811. The van der Waals surface area contributed by atoms with Crippen LogP contribution < -0.4 is 9.80 Å². The van der Waals surface area contributed by atoms with E-state index in [0.717, 1.165) is 35.1 Å². The molecule has 5 nitrogen and oxygen atoms in total.